The first kappa shape index (κ1) is 21.2. The fourth-order valence-corrected chi connectivity index (χ4v) is 5.07. The molecule has 2 fully saturated rings. The van der Waals surface area contributed by atoms with Crippen LogP contribution in [-0.2, 0) is 17.8 Å². The van der Waals surface area contributed by atoms with Crippen molar-refractivity contribution in [1.29, 1.82) is 0 Å². The topological polar surface area (TPSA) is 60.0 Å². The van der Waals surface area contributed by atoms with E-state index >= 15 is 0 Å². The summed E-state index contributed by atoms with van der Waals surface area (Å²) in [6.07, 6.45) is 6.73. The maximum atomic E-state index is 12.7. The second-order valence-corrected chi connectivity index (χ2v) is 8.95. The molecule has 2 aliphatic heterocycles. The molecule has 1 aromatic rings. The number of benzene rings is 1. The molecule has 2 N–H and O–H groups in total. The molecule has 0 radical (unpaired) electrons. The highest BCUT2D eigenvalue weighted by Gasteiger charge is 2.32. The van der Waals surface area contributed by atoms with Gasteiger partial charge in [-0.05, 0) is 43.7 Å². The van der Waals surface area contributed by atoms with Crippen LogP contribution < -0.4 is 10.6 Å². The molecule has 3 aliphatic rings. The van der Waals surface area contributed by atoms with Gasteiger partial charge in [-0.3, -0.25) is 14.7 Å². The number of hydrogen-bond acceptors (Lipinski definition) is 3. The molecule has 0 bridgehead atoms. The van der Waals surface area contributed by atoms with E-state index in [1.54, 1.807) is 0 Å². The van der Waals surface area contributed by atoms with Crippen LogP contribution in [0.1, 0.15) is 50.2 Å². The smallest absolute Gasteiger partial charge is 0.225 e. The summed E-state index contributed by atoms with van der Waals surface area (Å²) in [4.78, 5) is 22.1. The fourth-order valence-electron chi connectivity index (χ4n) is 5.07. The number of nitrogens with one attached hydrogen (secondary N) is 2. The Kier molecular flexibility index (Phi) is 7.26. The maximum Gasteiger partial charge on any atom is 0.225 e. The first-order chi connectivity index (χ1) is 14.7. The van der Waals surface area contributed by atoms with E-state index in [4.69, 9.17) is 4.99 Å². The van der Waals surface area contributed by atoms with Gasteiger partial charge in [-0.1, -0.05) is 37.1 Å². The minimum atomic E-state index is 0.278. The molecule has 1 aromatic carbocycles. The van der Waals surface area contributed by atoms with Gasteiger partial charge in [0.2, 0.25) is 5.91 Å². The van der Waals surface area contributed by atoms with E-state index in [9.17, 15) is 4.79 Å². The van der Waals surface area contributed by atoms with Crippen molar-refractivity contribution in [1.82, 2.24) is 20.4 Å². The second-order valence-electron chi connectivity index (χ2n) is 8.95. The average Bonchev–Trinajstić information content (AvgIpc) is 3.46. The van der Waals surface area contributed by atoms with Gasteiger partial charge >= 0.3 is 0 Å². The Morgan fingerprint density at radius 1 is 1.13 bits per heavy atom. The molecule has 164 valence electrons. The lowest BCUT2D eigenvalue weighted by Crippen LogP contribution is -2.45. The van der Waals surface area contributed by atoms with Crippen LogP contribution in [0.5, 0.6) is 0 Å². The van der Waals surface area contributed by atoms with Gasteiger partial charge in [0.25, 0.3) is 0 Å². The van der Waals surface area contributed by atoms with Crippen LogP contribution in [0.4, 0.5) is 0 Å². The van der Waals surface area contributed by atoms with Crippen molar-refractivity contribution in [3.63, 3.8) is 0 Å². The van der Waals surface area contributed by atoms with E-state index in [0.29, 0.717) is 11.9 Å². The number of likely N-dealkylation sites (tertiary alicyclic amines) is 1. The third-order valence-corrected chi connectivity index (χ3v) is 6.79. The van der Waals surface area contributed by atoms with Gasteiger partial charge in [-0.25, -0.2) is 0 Å². The molecule has 1 saturated heterocycles. The minimum Gasteiger partial charge on any atom is -0.357 e. The van der Waals surface area contributed by atoms with Crippen LogP contribution in [0.2, 0.25) is 0 Å². The number of rotatable bonds is 6. The molecule has 1 atom stereocenters. The Hall–Kier alpha value is -2.08. The molecule has 0 aromatic heterocycles. The number of carbonyl (C=O) groups excluding carboxylic acids is 1. The highest BCUT2D eigenvalue weighted by atomic mass is 16.2. The molecule has 30 heavy (non-hydrogen) atoms. The predicted molar refractivity (Wildman–Crippen MR) is 121 cm³/mol. The minimum absolute atomic E-state index is 0.278. The summed E-state index contributed by atoms with van der Waals surface area (Å²) >= 11 is 0. The van der Waals surface area contributed by atoms with Crippen LogP contribution >= 0.6 is 0 Å². The van der Waals surface area contributed by atoms with Crippen molar-refractivity contribution in [2.24, 2.45) is 10.9 Å². The SMILES string of the molecule is CCNC(=NCCN1CCc2ccccc2C1)NC1CCN(C(=O)C2CCCC2)C1. The summed E-state index contributed by atoms with van der Waals surface area (Å²) in [5.41, 5.74) is 2.95. The number of hydrogen-bond donors (Lipinski definition) is 2. The van der Waals surface area contributed by atoms with Crippen molar-refractivity contribution in [2.45, 2.75) is 58.0 Å². The van der Waals surface area contributed by atoms with Gasteiger partial charge in [0, 0.05) is 51.2 Å². The molecule has 4 rings (SSSR count). The van der Waals surface area contributed by atoms with E-state index in [1.807, 2.05) is 0 Å². The van der Waals surface area contributed by atoms with Crippen LogP contribution in [0.3, 0.4) is 0 Å². The van der Waals surface area contributed by atoms with Crippen LogP contribution in [-0.4, -0.2) is 67.0 Å². The Balaban J connectivity index is 1.24. The number of aliphatic imine (C=N–C) groups is 1. The summed E-state index contributed by atoms with van der Waals surface area (Å²) in [6.45, 7) is 8.52. The number of carbonyl (C=O) groups is 1. The van der Waals surface area contributed by atoms with Gasteiger partial charge in [-0.15, -0.1) is 0 Å². The van der Waals surface area contributed by atoms with E-state index in [-0.39, 0.29) is 5.92 Å². The van der Waals surface area contributed by atoms with Gasteiger partial charge in [0.15, 0.2) is 5.96 Å². The van der Waals surface area contributed by atoms with E-state index in [0.717, 1.165) is 77.5 Å². The molecule has 6 nitrogen and oxygen atoms in total. The molecular formula is C24H37N5O. The molecule has 1 unspecified atom stereocenters. The lowest BCUT2D eigenvalue weighted by molar-refractivity contribution is -0.134. The fraction of sp³-hybridized carbons (Fsp3) is 0.667. The summed E-state index contributed by atoms with van der Waals surface area (Å²) in [5, 5.41) is 6.95. The van der Waals surface area contributed by atoms with E-state index in [2.05, 4.69) is 51.6 Å². The molecule has 1 saturated carbocycles. The highest BCUT2D eigenvalue weighted by molar-refractivity contribution is 5.81. The largest absolute Gasteiger partial charge is 0.357 e. The number of fused-ring (bicyclic) bond motifs is 1. The Morgan fingerprint density at radius 2 is 1.93 bits per heavy atom. The monoisotopic (exact) mass is 411 g/mol. The number of amides is 1. The summed E-state index contributed by atoms with van der Waals surface area (Å²) in [7, 11) is 0. The van der Waals surface area contributed by atoms with Crippen molar-refractivity contribution >= 4 is 11.9 Å². The van der Waals surface area contributed by atoms with Crippen LogP contribution in [0, 0.1) is 5.92 Å². The average molecular weight is 412 g/mol. The Morgan fingerprint density at radius 3 is 2.73 bits per heavy atom. The van der Waals surface area contributed by atoms with E-state index in [1.165, 1.54) is 24.0 Å². The van der Waals surface area contributed by atoms with Crippen molar-refractivity contribution in [2.75, 3.05) is 39.3 Å². The Labute approximate surface area is 181 Å². The second kappa shape index (κ2) is 10.3. The first-order valence-corrected chi connectivity index (χ1v) is 11.9. The van der Waals surface area contributed by atoms with Gasteiger partial charge in [0.1, 0.15) is 0 Å². The van der Waals surface area contributed by atoms with Crippen LogP contribution in [0.15, 0.2) is 29.3 Å². The van der Waals surface area contributed by atoms with Gasteiger partial charge in [0.05, 0.1) is 6.54 Å². The zero-order valence-corrected chi connectivity index (χ0v) is 18.4. The lowest BCUT2D eigenvalue weighted by atomic mass is 10.0. The lowest BCUT2D eigenvalue weighted by Gasteiger charge is -2.28. The van der Waals surface area contributed by atoms with Gasteiger partial charge in [-0.2, -0.15) is 0 Å². The summed E-state index contributed by atoms with van der Waals surface area (Å²) in [6, 6.07) is 9.07. The molecule has 2 heterocycles. The quantitative estimate of drug-likeness (QED) is 0.557. The third kappa shape index (κ3) is 5.34. The standard InChI is InChI=1S/C24H37N5O/c1-2-25-24(26-13-16-28-14-11-19-7-3-6-10-21(19)17-28)27-22-12-15-29(18-22)23(30)20-8-4-5-9-20/h3,6-7,10,20,22H,2,4-5,8-9,11-18H2,1H3,(H2,25,26,27). The first-order valence-electron chi connectivity index (χ1n) is 11.9. The zero-order chi connectivity index (χ0) is 20.8. The van der Waals surface area contributed by atoms with Crippen molar-refractivity contribution in [3.05, 3.63) is 35.4 Å². The molecule has 1 aliphatic carbocycles. The van der Waals surface area contributed by atoms with Crippen molar-refractivity contribution in [3.8, 4) is 0 Å². The number of guanidine groups is 1. The third-order valence-electron chi connectivity index (χ3n) is 6.79. The molecular weight excluding hydrogens is 374 g/mol. The van der Waals surface area contributed by atoms with Gasteiger partial charge < -0.3 is 15.5 Å². The summed E-state index contributed by atoms with van der Waals surface area (Å²) < 4.78 is 0. The molecule has 1 amide bonds. The number of nitrogens with zero attached hydrogens (tertiary/aromatic N) is 3. The van der Waals surface area contributed by atoms with Crippen LogP contribution in [0.25, 0.3) is 0 Å². The summed E-state index contributed by atoms with van der Waals surface area (Å²) in [5.74, 6) is 1.54. The maximum absolute atomic E-state index is 12.7. The van der Waals surface area contributed by atoms with E-state index < -0.39 is 0 Å². The Bertz CT molecular complexity index is 743. The normalized spacial score (nSPS) is 22.9. The predicted octanol–water partition coefficient (Wildman–Crippen LogP) is 2.39. The molecule has 0 spiro atoms. The molecule has 6 heteroatoms. The zero-order valence-electron chi connectivity index (χ0n) is 18.4. The highest BCUT2D eigenvalue weighted by Crippen LogP contribution is 2.27. The van der Waals surface area contributed by atoms with Crippen molar-refractivity contribution < 1.29 is 4.79 Å².